The first kappa shape index (κ1) is 19.2. The minimum atomic E-state index is -0.671. The molecule has 2 bridgehead atoms. The third-order valence-corrected chi connectivity index (χ3v) is 7.43. The number of ether oxygens (including phenoxy) is 1. The molecule has 0 N–H and O–H groups in total. The van der Waals surface area contributed by atoms with Gasteiger partial charge in [0.25, 0.3) is 0 Å². The third kappa shape index (κ3) is 2.79. The van der Waals surface area contributed by atoms with Gasteiger partial charge in [-0.15, -0.1) is 0 Å². The van der Waals surface area contributed by atoms with Gasteiger partial charge in [-0.25, -0.2) is 9.69 Å². The van der Waals surface area contributed by atoms with E-state index in [-0.39, 0.29) is 53.4 Å². The van der Waals surface area contributed by atoms with E-state index in [1.165, 1.54) is 11.0 Å². The maximum atomic E-state index is 13.3. The third-order valence-electron chi connectivity index (χ3n) is 7.43. The Labute approximate surface area is 184 Å². The van der Waals surface area contributed by atoms with Crippen molar-refractivity contribution in [2.45, 2.75) is 6.42 Å². The van der Waals surface area contributed by atoms with E-state index in [0.717, 1.165) is 6.42 Å². The molecule has 6 nitrogen and oxygen atoms in total. The Morgan fingerprint density at radius 1 is 0.844 bits per heavy atom. The Morgan fingerprint density at radius 3 is 2.12 bits per heavy atom. The summed E-state index contributed by atoms with van der Waals surface area (Å²) in [7, 11) is 0. The van der Waals surface area contributed by atoms with Crippen LogP contribution in [0.15, 0.2) is 66.7 Å². The first-order valence-electron chi connectivity index (χ1n) is 11.0. The first-order chi connectivity index (χ1) is 15.5. The molecule has 6 heteroatoms. The second-order valence-corrected chi connectivity index (χ2v) is 9.08. The van der Waals surface area contributed by atoms with Gasteiger partial charge in [-0.2, -0.15) is 0 Å². The standard InChI is InChI=1S/C26H21NO5/c28-21(14-5-2-1-3-6-14)13-32-26(31)15-7-4-8-16(11-15)27-24(29)22-17-9-10-18(20-12-19(17)20)23(22)25(27)30/h1-11,17-20,22-23H,12-13H2/t17-,18-,19-,20-,22+,23+/m0/s1. The van der Waals surface area contributed by atoms with E-state index in [0.29, 0.717) is 23.1 Å². The quantitative estimate of drug-likeness (QED) is 0.317. The molecule has 0 spiro atoms. The molecule has 160 valence electrons. The lowest BCUT2D eigenvalue weighted by Crippen LogP contribution is -2.40. The lowest BCUT2D eigenvalue weighted by molar-refractivity contribution is -0.124. The van der Waals surface area contributed by atoms with Crippen LogP contribution in [0.25, 0.3) is 0 Å². The number of allylic oxidation sites excluding steroid dienone is 2. The number of Topliss-reactive ketones (excluding diaryl/α,β-unsaturated/α-hetero) is 1. The van der Waals surface area contributed by atoms with Crippen molar-refractivity contribution in [2.24, 2.45) is 35.5 Å². The maximum Gasteiger partial charge on any atom is 0.338 e. The van der Waals surface area contributed by atoms with Gasteiger partial charge in [0, 0.05) is 5.56 Å². The zero-order chi connectivity index (χ0) is 22.0. The highest BCUT2D eigenvalue weighted by Crippen LogP contribution is 2.65. The van der Waals surface area contributed by atoms with Crippen LogP contribution in [0, 0.1) is 35.5 Å². The van der Waals surface area contributed by atoms with E-state index in [1.807, 2.05) is 0 Å². The smallest absolute Gasteiger partial charge is 0.338 e. The van der Waals surface area contributed by atoms with E-state index in [9.17, 15) is 19.2 Å². The fourth-order valence-corrected chi connectivity index (χ4v) is 5.91. The molecule has 5 aliphatic rings. The number of ketones is 1. The lowest BCUT2D eigenvalue weighted by atomic mass is 9.63. The van der Waals surface area contributed by atoms with Crippen molar-refractivity contribution in [1.82, 2.24) is 0 Å². The molecule has 2 saturated carbocycles. The monoisotopic (exact) mass is 427 g/mol. The summed E-state index contributed by atoms with van der Waals surface area (Å²) in [6.45, 7) is -0.378. The fraction of sp³-hybridized carbons (Fsp3) is 0.308. The van der Waals surface area contributed by atoms with E-state index in [2.05, 4.69) is 12.2 Å². The number of nitrogens with zero attached hydrogens (tertiary/aromatic N) is 1. The average molecular weight is 427 g/mol. The van der Waals surface area contributed by atoms with Crippen LogP contribution in [0.1, 0.15) is 27.1 Å². The molecular weight excluding hydrogens is 406 g/mol. The molecule has 0 radical (unpaired) electrons. The SMILES string of the molecule is O=C(COC(=O)c1cccc(N2C(=O)[C@@H]3[C@H]4C=C[C@@H]([C@@H]5C[C@@H]45)[C@H]3C2=O)c1)c1ccccc1. The van der Waals surface area contributed by atoms with Gasteiger partial charge < -0.3 is 4.74 Å². The lowest BCUT2D eigenvalue weighted by Gasteiger charge is -2.37. The van der Waals surface area contributed by atoms with Crippen LogP contribution in [0.5, 0.6) is 0 Å². The molecule has 32 heavy (non-hydrogen) atoms. The predicted molar refractivity (Wildman–Crippen MR) is 115 cm³/mol. The van der Waals surface area contributed by atoms with Crippen LogP contribution < -0.4 is 4.90 Å². The van der Waals surface area contributed by atoms with Crippen LogP contribution in [0.4, 0.5) is 5.69 Å². The summed E-state index contributed by atoms with van der Waals surface area (Å²) in [5.74, 6) is -0.536. The number of carbonyl (C=O) groups is 4. The number of hydrogen-bond acceptors (Lipinski definition) is 5. The minimum Gasteiger partial charge on any atom is -0.454 e. The second-order valence-electron chi connectivity index (χ2n) is 9.08. The van der Waals surface area contributed by atoms with Gasteiger partial charge in [0.15, 0.2) is 12.4 Å². The second kappa shape index (κ2) is 6.99. The van der Waals surface area contributed by atoms with Gasteiger partial charge in [0.1, 0.15) is 0 Å². The van der Waals surface area contributed by atoms with Crippen LogP contribution in [0.2, 0.25) is 0 Å². The number of rotatable bonds is 5. The number of amides is 2. The molecule has 1 heterocycles. The molecular formula is C26H21NO5. The van der Waals surface area contributed by atoms with Crippen molar-refractivity contribution in [2.75, 3.05) is 11.5 Å². The Balaban J connectivity index is 1.20. The zero-order valence-corrected chi connectivity index (χ0v) is 17.2. The highest BCUT2D eigenvalue weighted by Gasteiger charge is 2.67. The van der Waals surface area contributed by atoms with Gasteiger partial charge in [-0.05, 0) is 48.3 Å². The van der Waals surface area contributed by atoms with Gasteiger partial charge in [-0.1, -0.05) is 48.6 Å². The van der Waals surface area contributed by atoms with E-state index >= 15 is 0 Å². The number of benzene rings is 2. The molecule has 4 aliphatic carbocycles. The van der Waals surface area contributed by atoms with Crippen molar-refractivity contribution in [1.29, 1.82) is 0 Å². The Kier molecular flexibility index (Phi) is 4.18. The van der Waals surface area contributed by atoms with Crippen molar-refractivity contribution >= 4 is 29.3 Å². The first-order valence-corrected chi connectivity index (χ1v) is 11.0. The zero-order valence-electron chi connectivity index (χ0n) is 17.2. The van der Waals surface area contributed by atoms with E-state index in [4.69, 9.17) is 4.74 Å². The van der Waals surface area contributed by atoms with Crippen molar-refractivity contribution in [3.63, 3.8) is 0 Å². The molecule has 7 rings (SSSR count). The van der Waals surface area contributed by atoms with Gasteiger partial charge >= 0.3 is 5.97 Å². The van der Waals surface area contributed by atoms with Crippen molar-refractivity contribution in [3.8, 4) is 0 Å². The topological polar surface area (TPSA) is 80.8 Å². The summed E-state index contributed by atoms with van der Waals surface area (Å²) in [4.78, 5) is 52.5. The fourth-order valence-electron chi connectivity index (χ4n) is 5.91. The van der Waals surface area contributed by atoms with Crippen LogP contribution in [-0.4, -0.2) is 30.2 Å². The van der Waals surface area contributed by atoms with Crippen molar-refractivity contribution < 1.29 is 23.9 Å². The van der Waals surface area contributed by atoms with Gasteiger partial charge in [-0.3, -0.25) is 14.4 Å². The maximum absolute atomic E-state index is 13.3. The summed E-state index contributed by atoms with van der Waals surface area (Å²) >= 11 is 0. The Hall–Kier alpha value is -3.54. The van der Waals surface area contributed by atoms with Gasteiger partial charge in [0.05, 0.1) is 23.1 Å². The molecule has 1 aliphatic heterocycles. The molecule has 0 unspecified atom stereocenters. The predicted octanol–water partition coefficient (Wildman–Crippen LogP) is 3.28. The molecule has 0 aromatic heterocycles. The summed E-state index contributed by atoms with van der Waals surface area (Å²) in [5.41, 5.74) is 1.04. The molecule has 1 saturated heterocycles. The minimum absolute atomic E-state index is 0.147. The Morgan fingerprint density at radius 2 is 1.47 bits per heavy atom. The molecule has 2 aromatic carbocycles. The average Bonchev–Trinajstić information content (AvgIpc) is 3.61. The summed E-state index contributed by atoms with van der Waals surface area (Å²) < 4.78 is 5.19. The number of hydrogen-bond donors (Lipinski definition) is 0. The van der Waals surface area contributed by atoms with Crippen LogP contribution in [-0.2, 0) is 14.3 Å². The number of imide groups is 1. The van der Waals surface area contributed by atoms with Gasteiger partial charge in [0.2, 0.25) is 11.8 Å². The molecule has 6 atom stereocenters. The van der Waals surface area contributed by atoms with Crippen LogP contribution in [0.3, 0.4) is 0 Å². The largest absolute Gasteiger partial charge is 0.454 e. The highest BCUT2D eigenvalue weighted by atomic mass is 16.5. The number of esters is 1. The van der Waals surface area contributed by atoms with E-state index in [1.54, 1.807) is 48.5 Å². The van der Waals surface area contributed by atoms with E-state index < -0.39 is 5.97 Å². The Bertz CT molecular complexity index is 1150. The highest BCUT2D eigenvalue weighted by molar-refractivity contribution is 6.23. The summed E-state index contributed by atoms with van der Waals surface area (Å²) in [5, 5.41) is 0. The normalized spacial score (nSPS) is 31.3. The molecule has 3 fully saturated rings. The molecule has 2 amide bonds. The molecule has 2 aromatic rings. The number of carbonyl (C=O) groups excluding carboxylic acids is 4. The van der Waals surface area contributed by atoms with Crippen molar-refractivity contribution in [3.05, 3.63) is 77.9 Å². The van der Waals surface area contributed by atoms with Crippen LogP contribution >= 0.6 is 0 Å². The summed E-state index contributed by atoms with van der Waals surface area (Å²) in [6, 6.07) is 14.9. The number of anilines is 1. The summed E-state index contributed by atoms with van der Waals surface area (Å²) in [6.07, 6.45) is 5.37.